The van der Waals surface area contributed by atoms with Gasteiger partial charge in [0.15, 0.2) is 0 Å². The van der Waals surface area contributed by atoms with Crippen molar-refractivity contribution in [2.75, 3.05) is 23.3 Å². The fraction of sp³-hybridized carbons (Fsp3) is 0.300. The molecule has 2 aromatic carbocycles. The zero-order valence-corrected chi connectivity index (χ0v) is 15.6. The van der Waals surface area contributed by atoms with Crippen molar-refractivity contribution < 1.29 is 14.0 Å². The van der Waals surface area contributed by atoms with E-state index in [-0.39, 0.29) is 23.0 Å². The van der Waals surface area contributed by atoms with Gasteiger partial charge >= 0.3 is 0 Å². The number of anilines is 2. The highest BCUT2D eigenvalue weighted by molar-refractivity contribution is 6.31. The van der Waals surface area contributed by atoms with Gasteiger partial charge in [0.05, 0.1) is 16.3 Å². The Hall–Kier alpha value is -2.60. The number of rotatable bonds is 3. The van der Waals surface area contributed by atoms with E-state index in [1.54, 1.807) is 18.2 Å². The Morgan fingerprint density at radius 2 is 2.11 bits per heavy atom. The average molecular weight is 388 g/mol. The Labute approximate surface area is 161 Å². The number of benzene rings is 2. The predicted octanol–water partition coefficient (Wildman–Crippen LogP) is 4.13. The van der Waals surface area contributed by atoms with E-state index in [1.165, 1.54) is 18.2 Å². The number of amides is 2. The summed E-state index contributed by atoms with van der Waals surface area (Å²) in [4.78, 5) is 29.5. The molecule has 1 atom stereocenters. The van der Waals surface area contributed by atoms with E-state index in [0.29, 0.717) is 16.8 Å². The largest absolute Gasteiger partial charge is 0.351 e. The predicted molar refractivity (Wildman–Crippen MR) is 103 cm³/mol. The van der Waals surface area contributed by atoms with Gasteiger partial charge in [-0.05, 0) is 56.2 Å². The summed E-state index contributed by atoms with van der Waals surface area (Å²) in [6, 6.07) is 9.13. The Bertz CT molecular complexity index is 933. The lowest BCUT2D eigenvalue weighted by molar-refractivity contribution is 0.0715. The lowest BCUT2D eigenvalue weighted by Gasteiger charge is -2.41. The summed E-state index contributed by atoms with van der Waals surface area (Å²) < 4.78 is 13.3. The molecule has 0 bridgehead atoms. The van der Waals surface area contributed by atoms with E-state index in [2.05, 4.69) is 10.2 Å². The second-order valence-electron chi connectivity index (χ2n) is 6.72. The average Bonchev–Trinajstić information content (AvgIpc) is 3.15. The first-order chi connectivity index (χ1) is 13.0. The van der Waals surface area contributed by atoms with Crippen LogP contribution in [0.5, 0.6) is 0 Å². The highest BCUT2D eigenvalue weighted by Gasteiger charge is 2.39. The number of nitrogens with one attached hydrogen (secondary N) is 1. The highest BCUT2D eigenvalue weighted by Crippen LogP contribution is 2.36. The zero-order valence-electron chi connectivity index (χ0n) is 14.8. The first kappa shape index (κ1) is 17.8. The molecule has 4 rings (SSSR count). The molecule has 140 valence electrons. The summed E-state index contributed by atoms with van der Waals surface area (Å²) in [5.41, 5.74) is 2.26. The zero-order chi connectivity index (χ0) is 19.1. The van der Waals surface area contributed by atoms with E-state index in [9.17, 15) is 14.0 Å². The molecule has 2 aliphatic heterocycles. The third-order valence-corrected chi connectivity index (χ3v) is 5.45. The van der Waals surface area contributed by atoms with E-state index < -0.39 is 5.82 Å². The fourth-order valence-corrected chi connectivity index (χ4v) is 4.06. The van der Waals surface area contributed by atoms with E-state index >= 15 is 0 Å². The van der Waals surface area contributed by atoms with Crippen molar-refractivity contribution in [3.05, 3.63) is 58.4 Å². The number of carbonyl (C=O) groups excluding carboxylic acids is 2. The van der Waals surface area contributed by atoms with Gasteiger partial charge in [0.2, 0.25) is 0 Å². The van der Waals surface area contributed by atoms with Crippen molar-refractivity contribution >= 4 is 34.8 Å². The van der Waals surface area contributed by atoms with Crippen molar-refractivity contribution in [2.45, 2.75) is 25.9 Å². The summed E-state index contributed by atoms with van der Waals surface area (Å²) in [5.74, 6) is -0.853. The van der Waals surface area contributed by atoms with Gasteiger partial charge in [0, 0.05) is 24.3 Å². The number of fused-ring (bicyclic) bond motifs is 2. The van der Waals surface area contributed by atoms with Crippen LogP contribution >= 0.6 is 11.6 Å². The summed E-state index contributed by atoms with van der Waals surface area (Å²) >= 11 is 5.77. The Kier molecular flexibility index (Phi) is 4.52. The quantitative estimate of drug-likeness (QED) is 0.861. The number of hydrogen-bond donors (Lipinski definition) is 1. The minimum atomic E-state index is -0.540. The summed E-state index contributed by atoms with van der Waals surface area (Å²) in [6.07, 6.45) is 1.98. The molecule has 0 radical (unpaired) electrons. The molecule has 5 nitrogen and oxygen atoms in total. The second-order valence-corrected chi connectivity index (χ2v) is 7.13. The monoisotopic (exact) mass is 387 g/mol. The van der Waals surface area contributed by atoms with Crippen molar-refractivity contribution in [1.82, 2.24) is 4.90 Å². The van der Waals surface area contributed by atoms with Gasteiger partial charge in [-0.15, -0.1) is 0 Å². The molecule has 1 saturated heterocycles. The van der Waals surface area contributed by atoms with E-state index in [4.69, 9.17) is 11.6 Å². The third-order valence-electron chi connectivity index (χ3n) is 5.16. The first-order valence-corrected chi connectivity index (χ1v) is 9.35. The van der Waals surface area contributed by atoms with Crippen molar-refractivity contribution in [3.63, 3.8) is 0 Å². The summed E-state index contributed by atoms with van der Waals surface area (Å²) in [6.45, 7) is 3.57. The smallest absolute Gasteiger partial charge is 0.257 e. The van der Waals surface area contributed by atoms with Gasteiger partial charge in [-0.2, -0.15) is 0 Å². The molecule has 2 aliphatic rings. The van der Waals surface area contributed by atoms with Crippen molar-refractivity contribution in [2.24, 2.45) is 0 Å². The van der Waals surface area contributed by atoms with E-state index in [1.807, 2.05) is 11.8 Å². The van der Waals surface area contributed by atoms with Crippen LogP contribution in [0.4, 0.5) is 15.8 Å². The lowest BCUT2D eigenvalue weighted by Crippen LogP contribution is -2.52. The topological polar surface area (TPSA) is 52.7 Å². The van der Waals surface area contributed by atoms with Gasteiger partial charge in [0.1, 0.15) is 12.0 Å². The van der Waals surface area contributed by atoms with Gasteiger partial charge in [0.25, 0.3) is 11.8 Å². The number of carbonyl (C=O) groups is 2. The van der Waals surface area contributed by atoms with Gasteiger partial charge in [-0.3, -0.25) is 9.59 Å². The minimum Gasteiger partial charge on any atom is -0.351 e. The molecule has 0 aliphatic carbocycles. The van der Waals surface area contributed by atoms with Crippen LogP contribution in [0.2, 0.25) is 5.02 Å². The maximum atomic E-state index is 13.3. The third kappa shape index (κ3) is 3.04. The highest BCUT2D eigenvalue weighted by atomic mass is 35.5. The summed E-state index contributed by atoms with van der Waals surface area (Å²) in [5, 5.41) is 2.67. The Morgan fingerprint density at radius 3 is 2.85 bits per heavy atom. The van der Waals surface area contributed by atoms with Crippen LogP contribution in [0.15, 0.2) is 36.4 Å². The first-order valence-electron chi connectivity index (χ1n) is 8.97. The maximum absolute atomic E-state index is 13.3. The normalized spacial score (nSPS) is 18.3. The molecule has 7 heteroatoms. The van der Waals surface area contributed by atoms with Crippen LogP contribution in [0.1, 0.15) is 40.5 Å². The molecule has 2 amide bonds. The lowest BCUT2D eigenvalue weighted by atomic mass is 10.0. The SMILES string of the molecule is CCN1c2cc(C(=O)Nc3ccc(F)c(Cl)c3)ccc2C(=O)N2CCCC21. The molecule has 0 aromatic heterocycles. The molecule has 1 fully saturated rings. The summed E-state index contributed by atoms with van der Waals surface area (Å²) in [7, 11) is 0. The molecule has 2 heterocycles. The van der Waals surface area contributed by atoms with Crippen molar-refractivity contribution in [3.8, 4) is 0 Å². The standard InChI is InChI=1S/C20H19ClFN3O2/c1-2-24-17-10-12(19(26)23-13-6-8-16(22)15(21)11-13)5-7-14(17)20(27)25-9-3-4-18(24)25/h5-8,10-11,18H,2-4,9H2,1H3,(H,23,26). The van der Waals surface area contributed by atoms with Crippen LogP contribution in [0.3, 0.4) is 0 Å². The molecule has 2 aromatic rings. The molecular weight excluding hydrogens is 369 g/mol. The fourth-order valence-electron chi connectivity index (χ4n) is 3.87. The van der Waals surface area contributed by atoms with E-state index in [0.717, 1.165) is 31.6 Å². The van der Waals surface area contributed by atoms with Crippen LogP contribution in [-0.4, -0.2) is 36.0 Å². The second kappa shape index (κ2) is 6.85. The number of hydrogen-bond acceptors (Lipinski definition) is 3. The van der Waals surface area contributed by atoms with Crippen LogP contribution < -0.4 is 10.2 Å². The molecule has 1 unspecified atom stereocenters. The van der Waals surface area contributed by atoms with Crippen LogP contribution in [0, 0.1) is 5.82 Å². The number of halogens is 2. The minimum absolute atomic E-state index is 0.0227. The molecular formula is C20H19ClFN3O2. The Morgan fingerprint density at radius 1 is 1.30 bits per heavy atom. The van der Waals surface area contributed by atoms with Gasteiger partial charge in [-0.25, -0.2) is 4.39 Å². The van der Waals surface area contributed by atoms with Gasteiger partial charge < -0.3 is 15.1 Å². The number of nitrogens with zero attached hydrogens (tertiary/aromatic N) is 2. The molecule has 0 spiro atoms. The van der Waals surface area contributed by atoms with Gasteiger partial charge in [-0.1, -0.05) is 11.6 Å². The molecule has 1 N–H and O–H groups in total. The maximum Gasteiger partial charge on any atom is 0.257 e. The molecule has 27 heavy (non-hydrogen) atoms. The van der Waals surface area contributed by atoms with Crippen LogP contribution in [0.25, 0.3) is 0 Å². The van der Waals surface area contributed by atoms with Crippen LogP contribution in [-0.2, 0) is 0 Å². The van der Waals surface area contributed by atoms with Crippen molar-refractivity contribution in [1.29, 1.82) is 0 Å². The Balaban J connectivity index is 1.65. The molecule has 0 saturated carbocycles.